The first-order valence-corrected chi connectivity index (χ1v) is 4.47. The van der Waals surface area contributed by atoms with Crippen molar-refractivity contribution in [2.45, 2.75) is 50.1 Å². The van der Waals surface area contributed by atoms with E-state index in [9.17, 15) is 39.5 Å². The summed E-state index contributed by atoms with van der Waals surface area (Å²) in [5.41, 5.74) is 0. The minimum Gasteiger partial charge on any atom is -0.200 e. The molecule has 0 radical (unpaired) electrons. The third-order valence-electron chi connectivity index (χ3n) is 2.15. The highest BCUT2D eigenvalue weighted by Crippen LogP contribution is 2.45. The second kappa shape index (κ2) is 4.56. The maximum Gasteiger partial charge on any atom is 0.453 e. The first kappa shape index (κ1) is 16.4. The van der Waals surface area contributed by atoms with E-state index in [1.165, 1.54) is 0 Å². The van der Waals surface area contributed by atoms with Gasteiger partial charge in [0.15, 0.2) is 0 Å². The van der Waals surface area contributed by atoms with Gasteiger partial charge in [0.25, 0.3) is 0 Å². The SMILES string of the molecule is CCC(F)(F)C(F)(F)CCC(F)(F)C(F)(F)F. The minimum absolute atomic E-state index is 0.676. The Hall–Kier alpha value is -0.630. The van der Waals surface area contributed by atoms with Gasteiger partial charge >= 0.3 is 23.9 Å². The van der Waals surface area contributed by atoms with Gasteiger partial charge in [-0.3, -0.25) is 0 Å². The molecule has 0 saturated carbocycles. The molecule has 0 aromatic heterocycles. The van der Waals surface area contributed by atoms with E-state index in [1.807, 2.05) is 0 Å². The molecule has 0 aromatic carbocycles. The van der Waals surface area contributed by atoms with Gasteiger partial charge in [0, 0.05) is 19.3 Å². The number of halogens is 9. The number of hydrogen-bond donors (Lipinski definition) is 0. The summed E-state index contributed by atoms with van der Waals surface area (Å²) in [6, 6.07) is 0. The molecule has 0 bridgehead atoms. The molecule has 0 rings (SSSR count). The molecule has 0 aromatic rings. The number of rotatable bonds is 5. The van der Waals surface area contributed by atoms with Gasteiger partial charge in [0.2, 0.25) is 0 Å². The molecule has 0 aliphatic rings. The van der Waals surface area contributed by atoms with Crippen LogP contribution in [0.1, 0.15) is 26.2 Å². The molecule has 0 heterocycles. The zero-order valence-corrected chi connectivity index (χ0v) is 8.52. The highest BCUT2D eigenvalue weighted by Gasteiger charge is 2.61. The molecule has 0 aliphatic heterocycles. The molecule has 0 N–H and O–H groups in total. The minimum atomic E-state index is -6.02. The molecule has 0 amide bonds. The van der Waals surface area contributed by atoms with E-state index in [4.69, 9.17) is 0 Å². The highest BCUT2D eigenvalue weighted by atomic mass is 19.4. The van der Waals surface area contributed by atoms with Crippen LogP contribution in [0, 0.1) is 0 Å². The molecule has 0 nitrogen and oxygen atoms in total. The summed E-state index contributed by atoms with van der Waals surface area (Å²) in [5.74, 6) is -14.9. The van der Waals surface area contributed by atoms with E-state index < -0.39 is 43.2 Å². The van der Waals surface area contributed by atoms with Crippen molar-refractivity contribution in [3.05, 3.63) is 0 Å². The van der Waals surface area contributed by atoms with Crippen LogP contribution < -0.4 is 0 Å². The third-order valence-corrected chi connectivity index (χ3v) is 2.15. The van der Waals surface area contributed by atoms with Crippen molar-refractivity contribution >= 4 is 0 Å². The van der Waals surface area contributed by atoms with E-state index >= 15 is 0 Å². The first-order chi connectivity index (χ1) is 7.27. The van der Waals surface area contributed by atoms with Crippen LogP contribution in [0.2, 0.25) is 0 Å². The number of hydrogen-bond acceptors (Lipinski definition) is 0. The Kier molecular flexibility index (Phi) is 4.40. The Bertz CT molecular complexity index is 252. The Morgan fingerprint density at radius 1 is 0.588 bits per heavy atom. The molecular formula is C8H9F9. The maximum atomic E-state index is 12.7. The van der Waals surface area contributed by atoms with E-state index in [0.717, 1.165) is 0 Å². The fraction of sp³-hybridized carbons (Fsp3) is 1.00. The van der Waals surface area contributed by atoms with E-state index in [2.05, 4.69) is 0 Å². The van der Waals surface area contributed by atoms with Gasteiger partial charge in [-0.25, -0.2) is 0 Å². The van der Waals surface area contributed by atoms with Crippen LogP contribution in [0.25, 0.3) is 0 Å². The van der Waals surface area contributed by atoms with Crippen molar-refractivity contribution in [2.24, 2.45) is 0 Å². The van der Waals surface area contributed by atoms with Crippen molar-refractivity contribution in [3.63, 3.8) is 0 Å². The van der Waals surface area contributed by atoms with Gasteiger partial charge in [0.05, 0.1) is 0 Å². The zero-order valence-electron chi connectivity index (χ0n) is 8.52. The largest absolute Gasteiger partial charge is 0.453 e. The number of alkyl halides is 9. The van der Waals surface area contributed by atoms with Gasteiger partial charge in [-0.2, -0.15) is 39.5 Å². The molecule has 0 atom stereocenters. The normalized spacial score (nSPS) is 15.2. The molecule has 17 heavy (non-hydrogen) atoms. The van der Waals surface area contributed by atoms with Gasteiger partial charge in [0.1, 0.15) is 0 Å². The molecule has 0 unspecified atom stereocenters. The van der Waals surface area contributed by atoms with E-state index in [1.54, 1.807) is 0 Å². The van der Waals surface area contributed by atoms with E-state index in [0.29, 0.717) is 6.92 Å². The second-order valence-corrected chi connectivity index (χ2v) is 3.46. The van der Waals surface area contributed by atoms with E-state index in [-0.39, 0.29) is 0 Å². The Morgan fingerprint density at radius 3 is 1.24 bits per heavy atom. The lowest BCUT2D eigenvalue weighted by molar-refractivity contribution is -0.293. The van der Waals surface area contributed by atoms with Crippen LogP contribution >= 0.6 is 0 Å². The monoisotopic (exact) mass is 276 g/mol. The topological polar surface area (TPSA) is 0 Å². The first-order valence-electron chi connectivity index (χ1n) is 4.47. The summed E-state index contributed by atoms with van der Waals surface area (Å²) < 4.78 is 110. The van der Waals surface area contributed by atoms with Crippen molar-refractivity contribution in [1.29, 1.82) is 0 Å². The maximum absolute atomic E-state index is 12.7. The van der Waals surface area contributed by atoms with Gasteiger partial charge in [-0.05, 0) is 0 Å². The third kappa shape index (κ3) is 3.67. The molecular weight excluding hydrogens is 267 g/mol. The summed E-state index contributed by atoms with van der Waals surface area (Å²) in [7, 11) is 0. The summed E-state index contributed by atoms with van der Waals surface area (Å²) in [5, 5.41) is 0. The van der Waals surface area contributed by atoms with Crippen LogP contribution in [0.3, 0.4) is 0 Å². The lowest BCUT2D eigenvalue weighted by Crippen LogP contribution is -2.43. The quantitative estimate of drug-likeness (QED) is 0.641. The predicted molar refractivity (Wildman–Crippen MR) is 40.4 cm³/mol. The van der Waals surface area contributed by atoms with Gasteiger partial charge in [-0.15, -0.1) is 0 Å². The molecule has 0 aliphatic carbocycles. The van der Waals surface area contributed by atoms with Crippen molar-refractivity contribution in [3.8, 4) is 0 Å². The van der Waals surface area contributed by atoms with Crippen LogP contribution in [0.15, 0.2) is 0 Å². The fourth-order valence-electron chi connectivity index (χ4n) is 0.897. The molecule has 0 saturated heterocycles. The van der Waals surface area contributed by atoms with Crippen molar-refractivity contribution in [2.75, 3.05) is 0 Å². The molecule has 9 heteroatoms. The van der Waals surface area contributed by atoms with Crippen LogP contribution in [-0.2, 0) is 0 Å². The summed E-state index contributed by atoms with van der Waals surface area (Å²) in [6.07, 6.45) is -12.0. The fourth-order valence-corrected chi connectivity index (χ4v) is 0.897. The average Bonchev–Trinajstić information content (AvgIpc) is 2.13. The van der Waals surface area contributed by atoms with Crippen LogP contribution in [-0.4, -0.2) is 23.9 Å². The Morgan fingerprint density at radius 2 is 0.941 bits per heavy atom. The Balaban J connectivity index is 4.69. The smallest absolute Gasteiger partial charge is 0.200 e. The molecule has 0 spiro atoms. The van der Waals surface area contributed by atoms with Crippen molar-refractivity contribution in [1.82, 2.24) is 0 Å². The van der Waals surface area contributed by atoms with Gasteiger partial charge < -0.3 is 0 Å². The lowest BCUT2D eigenvalue weighted by atomic mass is 10.0. The highest BCUT2D eigenvalue weighted by molar-refractivity contribution is 4.87. The van der Waals surface area contributed by atoms with Crippen molar-refractivity contribution < 1.29 is 39.5 Å². The molecule has 0 fully saturated rings. The average molecular weight is 276 g/mol. The van der Waals surface area contributed by atoms with Crippen LogP contribution in [0.5, 0.6) is 0 Å². The molecule has 104 valence electrons. The Labute approximate surface area is 90.8 Å². The summed E-state index contributed by atoms with van der Waals surface area (Å²) >= 11 is 0. The summed E-state index contributed by atoms with van der Waals surface area (Å²) in [4.78, 5) is 0. The van der Waals surface area contributed by atoms with Gasteiger partial charge in [-0.1, -0.05) is 6.92 Å². The zero-order chi connectivity index (χ0) is 14.1. The van der Waals surface area contributed by atoms with Crippen LogP contribution in [0.4, 0.5) is 39.5 Å². The lowest BCUT2D eigenvalue weighted by Gasteiger charge is -2.27. The summed E-state index contributed by atoms with van der Waals surface area (Å²) in [6.45, 7) is 0.676. The predicted octanol–water partition coefficient (Wildman–Crippen LogP) is 4.64. The second-order valence-electron chi connectivity index (χ2n) is 3.46. The standard InChI is InChI=1S/C8H9F9/c1-2-5(9,10)6(11,12)3-4-7(13,14)8(15,16)17/h2-4H2,1H3.